The van der Waals surface area contributed by atoms with E-state index in [2.05, 4.69) is 21.2 Å². The van der Waals surface area contributed by atoms with Crippen LogP contribution in [0.4, 0.5) is 5.69 Å². The second-order valence-corrected chi connectivity index (χ2v) is 7.84. The Labute approximate surface area is 188 Å². The van der Waals surface area contributed by atoms with E-state index in [1.807, 2.05) is 61.5 Å². The van der Waals surface area contributed by atoms with Crippen molar-refractivity contribution in [1.29, 1.82) is 5.26 Å². The van der Waals surface area contributed by atoms with Gasteiger partial charge in [-0.05, 0) is 69.9 Å². The number of benzene rings is 3. The quantitative estimate of drug-likeness (QED) is 0.321. The molecule has 3 aromatic carbocycles. The van der Waals surface area contributed by atoms with Crippen molar-refractivity contribution in [3.05, 3.63) is 98.5 Å². The van der Waals surface area contributed by atoms with Crippen molar-refractivity contribution in [2.24, 2.45) is 0 Å². The van der Waals surface area contributed by atoms with Crippen molar-refractivity contribution >= 4 is 45.2 Å². The average Bonchev–Trinajstić information content (AvgIpc) is 2.72. The average molecular weight is 482 g/mol. The first-order chi connectivity index (χ1) is 14.5. The van der Waals surface area contributed by atoms with E-state index >= 15 is 0 Å². The number of ether oxygens (including phenoxy) is 1. The number of amides is 1. The molecule has 0 heterocycles. The molecule has 30 heavy (non-hydrogen) atoms. The molecule has 0 radical (unpaired) electrons. The molecule has 0 aliphatic heterocycles. The highest BCUT2D eigenvalue weighted by atomic mass is 79.9. The van der Waals surface area contributed by atoms with Gasteiger partial charge in [0, 0.05) is 5.69 Å². The van der Waals surface area contributed by atoms with Crippen LogP contribution in [0.2, 0.25) is 5.02 Å². The zero-order valence-corrected chi connectivity index (χ0v) is 18.5. The fraction of sp³-hybridized carbons (Fsp3) is 0.0833. The van der Waals surface area contributed by atoms with Crippen LogP contribution in [0.15, 0.2) is 76.8 Å². The van der Waals surface area contributed by atoms with Crippen LogP contribution >= 0.6 is 27.5 Å². The maximum absolute atomic E-state index is 12.5. The monoisotopic (exact) mass is 480 g/mol. The smallest absolute Gasteiger partial charge is 0.266 e. The zero-order chi connectivity index (χ0) is 21.5. The Morgan fingerprint density at radius 2 is 1.93 bits per heavy atom. The van der Waals surface area contributed by atoms with Gasteiger partial charge in [0.25, 0.3) is 5.91 Å². The number of anilines is 1. The molecule has 1 amide bonds. The molecule has 3 aromatic rings. The number of hydrogen-bond donors (Lipinski definition) is 1. The van der Waals surface area contributed by atoms with Crippen LogP contribution < -0.4 is 10.1 Å². The van der Waals surface area contributed by atoms with Gasteiger partial charge in [-0.15, -0.1) is 0 Å². The third-order valence-corrected chi connectivity index (χ3v) is 5.07. The van der Waals surface area contributed by atoms with E-state index in [9.17, 15) is 10.1 Å². The Hall–Kier alpha value is -3.07. The third-order valence-electron chi connectivity index (χ3n) is 4.20. The molecule has 0 aromatic heterocycles. The van der Waals surface area contributed by atoms with E-state index in [1.54, 1.807) is 18.2 Å². The second-order valence-electron chi connectivity index (χ2n) is 6.58. The number of rotatable bonds is 6. The van der Waals surface area contributed by atoms with Crippen LogP contribution in [0, 0.1) is 18.3 Å². The van der Waals surface area contributed by atoms with Gasteiger partial charge >= 0.3 is 0 Å². The standard InChI is InChI=1S/C24H18BrClN2O2/c1-16-6-5-9-20(10-16)28-24(29)19(14-27)11-18-12-21(25)23(22(26)13-18)30-15-17-7-3-2-4-8-17/h2-13H,15H2,1H3,(H,28,29)/b19-11-. The predicted octanol–water partition coefficient (Wildman–Crippen LogP) is 6.54. The molecule has 0 fully saturated rings. The number of halogens is 2. The molecule has 0 unspecified atom stereocenters. The molecule has 4 nitrogen and oxygen atoms in total. The van der Waals surface area contributed by atoms with Crippen LogP contribution in [0.1, 0.15) is 16.7 Å². The first-order valence-corrected chi connectivity index (χ1v) is 10.3. The third kappa shape index (κ3) is 5.73. The molecule has 1 N–H and O–H groups in total. The molecule has 0 spiro atoms. The summed E-state index contributed by atoms with van der Waals surface area (Å²) in [6.07, 6.45) is 1.49. The van der Waals surface area contributed by atoms with E-state index in [1.165, 1.54) is 6.08 Å². The fourth-order valence-electron chi connectivity index (χ4n) is 2.77. The van der Waals surface area contributed by atoms with Crippen LogP contribution in [0.25, 0.3) is 6.08 Å². The maximum Gasteiger partial charge on any atom is 0.266 e. The Kier molecular flexibility index (Phi) is 7.29. The minimum absolute atomic E-state index is 0.0302. The summed E-state index contributed by atoms with van der Waals surface area (Å²) in [5.41, 5.74) is 3.23. The predicted molar refractivity (Wildman–Crippen MR) is 123 cm³/mol. The first kappa shape index (κ1) is 21.6. The summed E-state index contributed by atoms with van der Waals surface area (Å²) in [6.45, 7) is 2.30. The van der Waals surface area contributed by atoms with Gasteiger partial charge < -0.3 is 10.1 Å². The summed E-state index contributed by atoms with van der Waals surface area (Å²) < 4.78 is 6.47. The van der Waals surface area contributed by atoms with E-state index in [0.717, 1.165) is 11.1 Å². The number of carbonyl (C=O) groups excluding carboxylic acids is 1. The molecule has 0 atom stereocenters. The summed E-state index contributed by atoms with van der Waals surface area (Å²) in [5, 5.41) is 12.6. The molecule has 3 rings (SSSR count). The van der Waals surface area contributed by atoms with Crippen molar-refractivity contribution in [1.82, 2.24) is 0 Å². The number of carbonyl (C=O) groups is 1. The van der Waals surface area contributed by atoms with E-state index in [4.69, 9.17) is 16.3 Å². The molecular formula is C24H18BrClN2O2. The first-order valence-electron chi connectivity index (χ1n) is 9.12. The largest absolute Gasteiger partial charge is 0.486 e. The van der Waals surface area contributed by atoms with E-state index in [0.29, 0.717) is 33.1 Å². The van der Waals surface area contributed by atoms with Crippen molar-refractivity contribution in [3.63, 3.8) is 0 Å². The normalized spacial score (nSPS) is 10.9. The number of nitrogens with one attached hydrogen (secondary N) is 1. The number of nitriles is 1. The summed E-state index contributed by atoms with van der Waals surface area (Å²) in [7, 11) is 0. The van der Waals surface area contributed by atoms with Gasteiger partial charge in [-0.1, -0.05) is 54.1 Å². The molecule has 0 saturated carbocycles. The van der Waals surface area contributed by atoms with Crippen molar-refractivity contribution in [2.45, 2.75) is 13.5 Å². The second kappa shape index (κ2) is 10.1. The molecule has 0 saturated heterocycles. The van der Waals surface area contributed by atoms with E-state index < -0.39 is 5.91 Å². The number of nitrogens with zero attached hydrogens (tertiary/aromatic N) is 1. The Morgan fingerprint density at radius 1 is 1.17 bits per heavy atom. The van der Waals surface area contributed by atoms with Gasteiger partial charge in [0.05, 0.1) is 9.50 Å². The van der Waals surface area contributed by atoms with Gasteiger partial charge in [0.15, 0.2) is 5.75 Å². The lowest BCUT2D eigenvalue weighted by Crippen LogP contribution is -2.13. The van der Waals surface area contributed by atoms with Gasteiger partial charge in [0.2, 0.25) is 0 Å². The topological polar surface area (TPSA) is 62.1 Å². The van der Waals surface area contributed by atoms with Gasteiger partial charge in [0.1, 0.15) is 18.2 Å². The van der Waals surface area contributed by atoms with Gasteiger partial charge in [-0.25, -0.2) is 0 Å². The van der Waals surface area contributed by atoms with Crippen LogP contribution in [0.3, 0.4) is 0 Å². The molecular weight excluding hydrogens is 464 g/mol. The van der Waals surface area contributed by atoms with Crippen LogP contribution in [0.5, 0.6) is 5.75 Å². The lowest BCUT2D eigenvalue weighted by Gasteiger charge is -2.11. The van der Waals surface area contributed by atoms with Crippen molar-refractivity contribution < 1.29 is 9.53 Å². The molecule has 0 bridgehead atoms. The van der Waals surface area contributed by atoms with Crippen molar-refractivity contribution in [3.8, 4) is 11.8 Å². The summed E-state index contributed by atoms with van der Waals surface area (Å²) in [5.74, 6) is 0.0140. The van der Waals surface area contributed by atoms with Crippen LogP contribution in [-0.4, -0.2) is 5.91 Å². The van der Waals surface area contributed by atoms with E-state index in [-0.39, 0.29) is 5.57 Å². The Bertz CT molecular complexity index is 1110. The summed E-state index contributed by atoms with van der Waals surface area (Å²) >= 11 is 9.85. The lowest BCUT2D eigenvalue weighted by molar-refractivity contribution is -0.112. The highest BCUT2D eigenvalue weighted by molar-refractivity contribution is 9.10. The minimum Gasteiger partial charge on any atom is -0.486 e. The van der Waals surface area contributed by atoms with Crippen molar-refractivity contribution in [2.75, 3.05) is 5.32 Å². The van der Waals surface area contributed by atoms with Gasteiger partial charge in [-0.3, -0.25) is 4.79 Å². The highest BCUT2D eigenvalue weighted by Crippen LogP contribution is 2.35. The maximum atomic E-state index is 12.5. The molecule has 150 valence electrons. The summed E-state index contributed by atoms with van der Waals surface area (Å²) in [4.78, 5) is 12.5. The lowest BCUT2D eigenvalue weighted by atomic mass is 10.1. The SMILES string of the molecule is Cc1cccc(NC(=O)/C(C#N)=C\c2cc(Cl)c(OCc3ccccc3)c(Br)c2)c1. The Morgan fingerprint density at radius 3 is 2.60 bits per heavy atom. The number of hydrogen-bond acceptors (Lipinski definition) is 3. The highest BCUT2D eigenvalue weighted by Gasteiger charge is 2.13. The molecule has 6 heteroatoms. The Balaban J connectivity index is 1.77. The van der Waals surface area contributed by atoms with Crippen LogP contribution in [-0.2, 0) is 11.4 Å². The van der Waals surface area contributed by atoms with Gasteiger partial charge in [-0.2, -0.15) is 5.26 Å². The zero-order valence-electron chi connectivity index (χ0n) is 16.2. The number of aryl methyl sites for hydroxylation is 1. The molecule has 0 aliphatic rings. The molecule has 0 aliphatic carbocycles. The minimum atomic E-state index is -0.486. The summed E-state index contributed by atoms with van der Waals surface area (Å²) in [6, 6.07) is 22.5. The fourth-order valence-corrected chi connectivity index (χ4v) is 3.76.